The van der Waals surface area contributed by atoms with Crippen molar-refractivity contribution in [3.8, 4) is 17.0 Å². The fourth-order valence-electron chi connectivity index (χ4n) is 2.28. The number of nitrogens with one attached hydrogen (secondary N) is 1. The van der Waals surface area contributed by atoms with Crippen LogP contribution in [0.3, 0.4) is 0 Å². The highest BCUT2D eigenvalue weighted by Gasteiger charge is 2.09. The summed E-state index contributed by atoms with van der Waals surface area (Å²) in [6.45, 7) is 0. The third-order valence-electron chi connectivity index (χ3n) is 3.52. The zero-order valence-corrected chi connectivity index (χ0v) is 14.2. The fourth-order valence-corrected chi connectivity index (χ4v) is 3.01. The lowest BCUT2D eigenvalue weighted by Crippen LogP contribution is -2.08. The van der Waals surface area contributed by atoms with Gasteiger partial charge in [0.15, 0.2) is 5.13 Å². The van der Waals surface area contributed by atoms with Crippen LogP contribution in [0.1, 0.15) is 0 Å². The molecule has 4 nitrogen and oxygen atoms in total. The monoisotopic (exact) mass is 325 g/mol. The van der Waals surface area contributed by atoms with Gasteiger partial charge in [-0.15, -0.1) is 11.3 Å². The zero-order chi connectivity index (χ0) is 16.2. The van der Waals surface area contributed by atoms with Gasteiger partial charge in [0.25, 0.3) is 0 Å². The SMILES string of the molecule is COc1ccccc1-c1csc(Nc2ccc(N(C)C)cc2)n1. The van der Waals surface area contributed by atoms with Gasteiger partial charge in [0, 0.05) is 36.4 Å². The Labute approximate surface area is 140 Å². The minimum atomic E-state index is 0.833. The van der Waals surface area contributed by atoms with E-state index in [-0.39, 0.29) is 0 Å². The van der Waals surface area contributed by atoms with Gasteiger partial charge in [-0.25, -0.2) is 4.98 Å². The topological polar surface area (TPSA) is 37.4 Å². The second kappa shape index (κ2) is 6.71. The van der Waals surface area contributed by atoms with Crippen LogP contribution in [-0.4, -0.2) is 26.2 Å². The Morgan fingerprint density at radius 1 is 1.04 bits per heavy atom. The summed E-state index contributed by atoms with van der Waals surface area (Å²) in [5.74, 6) is 0.833. The van der Waals surface area contributed by atoms with Crippen LogP contribution in [0.5, 0.6) is 5.75 Å². The minimum absolute atomic E-state index is 0.833. The van der Waals surface area contributed by atoms with Gasteiger partial charge < -0.3 is 15.0 Å². The Morgan fingerprint density at radius 3 is 2.48 bits per heavy atom. The van der Waals surface area contributed by atoms with Crippen molar-refractivity contribution in [1.29, 1.82) is 0 Å². The third kappa shape index (κ3) is 3.46. The third-order valence-corrected chi connectivity index (χ3v) is 4.28. The summed E-state index contributed by atoms with van der Waals surface area (Å²) < 4.78 is 5.40. The lowest BCUT2D eigenvalue weighted by Gasteiger charge is -2.12. The molecule has 2 aromatic carbocycles. The molecule has 5 heteroatoms. The molecule has 1 N–H and O–H groups in total. The van der Waals surface area contributed by atoms with E-state index in [2.05, 4.69) is 39.5 Å². The molecule has 0 aliphatic carbocycles. The van der Waals surface area contributed by atoms with Crippen LogP contribution in [0.2, 0.25) is 0 Å². The van der Waals surface area contributed by atoms with E-state index in [9.17, 15) is 0 Å². The highest BCUT2D eigenvalue weighted by atomic mass is 32.1. The van der Waals surface area contributed by atoms with Crippen LogP contribution in [-0.2, 0) is 0 Å². The fraction of sp³-hybridized carbons (Fsp3) is 0.167. The number of thiazole rings is 1. The van der Waals surface area contributed by atoms with Gasteiger partial charge in [-0.2, -0.15) is 0 Å². The Balaban J connectivity index is 1.79. The maximum absolute atomic E-state index is 5.40. The number of para-hydroxylation sites is 1. The van der Waals surface area contributed by atoms with Crippen LogP contribution in [0.15, 0.2) is 53.9 Å². The molecule has 0 bridgehead atoms. The van der Waals surface area contributed by atoms with Crippen molar-refractivity contribution in [2.24, 2.45) is 0 Å². The molecular weight excluding hydrogens is 306 g/mol. The number of anilines is 3. The van der Waals surface area contributed by atoms with Crippen molar-refractivity contribution in [2.45, 2.75) is 0 Å². The Kier molecular flexibility index (Phi) is 4.48. The first-order valence-corrected chi connectivity index (χ1v) is 8.18. The molecule has 118 valence electrons. The molecule has 0 saturated heterocycles. The lowest BCUT2D eigenvalue weighted by molar-refractivity contribution is 0.416. The Bertz CT molecular complexity index is 781. The maximum Gasteiger partial charge on any atom is 0.187 e. The molecule has 0 aliphatic rings. The summed E-state index contributed by atoms with van der Waals surface area (Å²) in [6.07, 6.45) is 0. The first-order chi connectivity index (χ1) is 11.2. The second-order valence-electron chi connectivity index (χ2n) is 5.30. The summed E-state index contributed by atoms with van der Waals surface area (Å²) in [5, 5.41) is 6.25. The van der Waals surface area contributed by atoms with Crippen molar-refractivity contribution in [3.63, 3.8) is 0 Å². The first-order valence-electron chi connectivity index (χ1n) is 7.30. The van der Waals surface area contributed by atoms with Gasteiger partial charge in [-0.1, -0.05) is 12.1 Å². The van der Waals surface area contributed by atoms with E-state index < -0.39 is 0 Å². The van der Waals surface area contributed by atoms with Crippen molar-refractivity contribution < 1.29 is 4.74 Å². The maximum atomic E-state index is 5.40. The largest absolute Gasteiger partial charge is 0.496 e. The van der Waals surface area contributed by atoms with Crippen LogP contribution in [0, 0.1) is 0 Å². The van der Waals surface area contributed by atoms with Crippen LogP contribution in [0.25, 0.3) is 11.3 Å². The Morgan fingerprint density at radius 2 is 1.78 bits per heavy atom. The van der Waals surface area contributed by atoms with E-state index in [4.69, 9.17) is 4.74 Å². The average Bonchev–Trinajstić information content (AvgIpc) is 3.03. The normalized spacial score (nSPS) is 10.4. The molecule has 0 aliphatic heterocycles. The number of methoxy groups -OCH3 is 1. The van der Waals surface area contributed by atoms with Crippen molar-refractivity contribution >= 4 is 27.8 Å². The van der Waals surface area contributed by atoms with E-state index in [1.165, 1.54) is 5.69 Å². The van der Waals surface area contributed by atoms with E-state index in [0.29, 0.717) is 0 Å². The zero-order valence-electron chi connectivity index (χ0n) is 13.4. The molecule has 0 radical (unpaired) electrons. The number of rotatable bonds is 5. The van der Waals surface area contributed by atoms with Crippen LogP contribution >= 0.6 is 11.3 Å². The van der Waals surface area contributed by atoms with Crippen molar-refractivity contribution in [1.82, 2.24) is 4.98 Å². The van der Waals surface area contributed by atoms with Gasteiger partial charge in [0.05, 0.1) is 12.8 Å². The summed E-state index contributed by atoms with van der Waals surface area (Å²) in [6, 6.07) is 16.2. The van der Waals surface area contributed by atoms with E-state index in [1.54, 1.807) is 18.4 Å². The summed E-state index contributed by atoms with van der Waals surface area (Å²) in [7, 11) is 5.74. The molecule has 0 atom stereocenters. The lowest BCUT2D eigenvalue weighted by atomic mass is 10.1. The number of nitrogens with zero attached hydrogens (tertiary/aromatic N) is 2. The molecule has 1 heterocycles. The molecule has 3 aromatic rings. The molecule has 3 rings (SSSR count). The number of hydrogen-bond donors (Lipinski definition) is 1. The van der Waals surface area contributed by atoms with Gasteiger partial charge in [0.2, 0.25) is 0 Å². The Hall–Kier alpha value is -2.53. The molecule has 0 fully saturated rings. The molecule has 0 unspecified atom stereocenters. The molecule has 1 aromatic heterocycles. The van der Waals surface area contributed by atoms with Gasteiger partial charge in [-0.3, -0.25) is 0 Å². The first kappa shape index (κ1) is 15.4. The predicted molar refractivity (Wildman–Crippen MR) is 98.2 cm³/mol. The van der Waals surface area contributed by atoms with Crippen LogP contribution < -0.4 is 15.0 Å². The van der Waals surface area contributed by atoms with Crippen molar-refractivity contribution in [2.75, 3.05) is 31.4 Å². The number of aromatic nitrogens is 1. The van der Waals surface area contributed by atoms with Crippen molar-refractivity contribution in [3.05, 3.63) is 53.9 Å². The predicted octanol–water partition coefficient (Wildman–Crippen LogP) is 4.63. The minimum Gasteiger partial charge on any atom is -0.496 e. The van der Waals surface area contributed by atoms with E-state index in [0.717, 1.165) is 27.8 Å². The van der Waals surface area contributed by atoms with Gasteiger partial charge >= 0.3 is 0 Å². The van der Waals surface area contributed by atoms with Gasteiger partial charge in [0.1, 0.15) is 5.75 Å². The summed E-state index contributed by atoms with van der Waals surface area (Å²) >= 11 is 1.58. The van der Waals surface area contributed by atoms with Gasteiger partial charge in [-0.05, 0) is 36.4 Å². The molecule has 0 amide bonds. The summed E-state index contributed by atoms with van der Waals surface area (Å²) in [5.41, 5.74) is 4.11. The molecule has 0 spiro atoms. The number of ether oxygens (including phenoxy) is 1. The average molecular weight is 325 g/mol. The molecule has 23 heavy (non-hydrogen) atoms. The molecular formula is C18H19N3OS. The van der Waals surface area contributed by atoms with E-state index in [1.807, 2.05) is 43.7 Å². The number of benzene rings is 2. The highest BCUT2D eigenvalue weighted by molar-refractivity contribution is 7.14. The summed E-state index contributed by atoms with van der Waals surface area (Å²) in [4.78, 5) is 6.74. The van der Waals surface area contributed by atoms with E-state index >= 15 is 0 Å². The van der Waals surface area contributed by atoms with Crippen LogP contribution in [0.4, 0.5) is 16.5 Å². The second-order valence-corrected chi connectivity index (χ2v) is 6.16. The highest BCUT2D eigenvalue weighted by Crippen LogP contribution is 2.32. The number of hydrogen-bond acceptors (Lipinski definition) is 5. The smallest absolute Gasteiger partial charge is 0.187 e. The molecule has 0 saturated carbocycles. The standard InChI is InChI=1S/C18H19N3OS/c1-21(2)14-10-8-13(9-11-14)19-18-20-16(12-23-18)15-6-4-5-7-17(15)22-3/h4-12H,1-3H3,(H,19,20). The quantitative estimate of drug-likeness (QED) is 0.742.